The zero-order valence-electron chi connectivity index (χ0n) is 30.6. The van der Waals surface area contributed by atoms with Crippen molar-refractivity contribution < 1.29 is 39.9 Å². The molecule has 1 unspecified atom stereocenters. The third-order valence-corrected chi connectivity index (χ3v) is 10.3. The average molecular weight is 674 g/mol. The minimum atomic E-state index is -1.80. The van der Waals surface area contributed by atoms with Crippen LogP contribution in [0.3, 0.4) is 0 Å². The van der Waals surface area contributed by atoms with Crippen LogP contribution in [-0.4, -0.2) is 110 Å². The van der Waals surface area contributed by atoms with Crippen LogP contribution in [0.25, 0.3) is 0 Å². The number of amides is 1. The molecule has 0 spiro atoms. The molecule has 10 atom stereocenters. The van der Waals surface area contributed by atoms with E-state index in [1.54, 1.807) is 20.8 Å². The topological polar surface area (TPSA) is 186 Å². The number of esters is 1. The molecule has 1 heterocycles. The first-order valence-electron chi connectivity index (χ1n) is 18.4. The molecule has 1 aliphatic rings. The van der Waals surface area contributed by atoms with Crippen molar-refractivity contribution in [1.82, 2.24) is 10.2 Å². The Labute approximate surface area is 285 Å². The molecule has 0 bridgehead atoms. The lowest BCUT2D eigenvalue weighted by atomic mass is 9.78. The second kappa shape index (κ2) is 21.7. The molecule has 1 rings (SSSR count). The Morgan fingerprint density at radius 1 is 0.915 bits per heavy atom. The fraction of sp³-hybridized carbons (Fsp3) is 0.944. The van der Waals surface area contributed by atoms with Crippen molar-refractivity contribution in [1.29, 1.82) is 0 Å². The highest BCUT2D eigenvalue weighted by molar-refractivity contribution is 5.75. The SMILES string of the molecule is CC[C@H]1OC(=O)[C@H](C)C(O)[C@H](C)[C@@H](O)[C@](C)(O)C[C@@H](C)CN(CCCNC(=O)CCCCCCCCCCCN)[C@H](C)[C@H](O)[C@]1(C)O. The van der Waals surface area contributed by atoms with E-state index < -0.39 is 59.5 Å². The van der Waals surface area contributed by atoms with Crippen LogP contribution in [0.2, 0.25) is 0 Å². The zero-order valence-corrected chi connectivity index (χ0v) is 30.6. The van der Waals surface area contributed by atoms with E-state index in [4.69, 9.17) is 10.5 Å². The molecule has 47 heavy (non-hydrogen) atoms. The number of ether oxygens (including phenoxy) is 1. The summed E-state index contributed by atoms with van der Waals surface area (Å²) in [4.78, 5) is 27.6. The maximum absolute atomic E-state index is 13.1. The maximum Gasteiger partial charge on any atom is 0.311 e. The standard InChI is InChI=1S/C36H71N3O8/c1-8-29-36(7,46)33(43)28(5)39(22-18-21-38-30(40)19-16-14-12-10-9-11-13-15-17-20-37)24-25(2)23-35(6,45)32(42)26(3)31(41)27(4)34(44)47-29/h25-29,31-33,41-43,45-46H,8-24,37H2,1-7H3,(H,38,40)/t25-,26+,27-,28-,29-,31?,32-,33+,35-,36-/m1/s1. The highest BCUT2D eigenvalue weighted by Crippen LogP contribution is 2.32. The number of nitrogens with zero attached hydrogens (tertiary/aromatic N) is 1. The van der Waals surface area contributed by atoms with Crippen molar-refractivity contribution in [3.8, 4) is 0 Å². The number of carbonyl (C=O) groups is 2. The summed E-state index contributed by atoms with van der Waals surface area (Å²) in [5, 5.41) is 59.4. The monoisotopic (exact) mass is 674 g/mol. The van der Waals surface area contributed by atoms with Crippen molar-refractivity contribution in [2.75, 3.05) is 26.2 Å². The molecule has 278 valence electrons. The van der Waals surface area contributed by atoms with Crippen LogP contribution in [0.4, 0.5) is 0 Å². The minimum absolute atomic E-state index is 0.0245. The molecule has 8 N–H and O–H groups in total. The molecular weight excluding hydrogens is 602 g/mol. The fourth-order valence-electron chi connectivity index (χ4n) is 7.11. The minimum Gasteiger partial charge on any atom is -0.459 e. The first-order chi connectivity index (χ1) is 22.0. The summed E-state index contributed by atoms with van der Waals surface area (Å²) < 4.78 is 5.66. The predicted molar refractivity (Wildman–Crippen MR) is 185 cm³/mol. The molecule has 0 radical (unpaired) electrons. The van der Waals surface area contributed by atoms with Crippen LogP contribution in [0.15, 0.2) is 0 Å². The molecule has 0 aromatic carbocycles. The van der Waals surface area contributed by atoms with Gasteiger partial charge in [0.25, 0.3) is 0 Å². The van der Waals surface area contributed by atoms with E-state index in [-0.39, 0.29) is 24.7 Å². The van der Waals surface area contributed by atoms with Gasteiger partial charge in [0.15, 0.2) is 0 Å². The van der Waals surface area contributed by atoms with Crippen molar-refractivity contribution in [2.45, 2.75) is 174 Å². The van der Waals surface area contributed by atoms with Crippen molar-refractivity contribution in [3.63, 3.8) is 0 Å². The number of rotatable bonds is 16. The predicted octanol–water partition coefficient (Wildman–Crippen LogP) is 3.26. The summed E-state index contributed by atoms with van der Waals surface area (Å²) in [6.07, 6.45) is 6.85. The summed E-state index contributed by atoms with van der Waals surface area (Å²) in [6.45, 7) is 13.7. The number of nitrogens with one attached hydrogen (secondary N) is 1. The number of cyclic esters (lactones) is 1. The van der Waals surface area contributed by atoms with Crippen molar-refractivity contribution in [2.24, 2.45) is 23.5 Å². The van der Waals surface area contributed by atoms with Gasteiger partial charge in [-0.3, -0.25) is 14.5 Å². The van der Waals surface area contributed by atoms with Gasteiger partial charge in [-0.05, 0) is 72.3 Å². The highest BCUT2D eigenvalue weighted by Gasteiger charge is 2.47. The van der Waals surface area contributed by atoms with Crippen LogP contribution in [0.5, 0.6) is 0 Å². The highest BCUT2D eigenvalue weighted by atomic mass is 16.6. The van der Waals surface area contributed by atoms with E-state index >= 15 is 0 Å². The van der Waals surface area contributed by atoms with Crippen molar-refractivity contribution >= 4 is 11.9 Å². The number of aliphatic hydroxyl groups is 5. The van der Waals surface area contributed by atoms with Gasteiger partial charge in [0.2, 0.25) is 5.91 Å². The van der Waals surface area contributed by atoms with Crippen LogP contribution < -0.4 is 11.1 Å². The lowest BCUT2D eigenvalue weighted by Gasteiger charge is -2.43. The lowest BCUT2D eigenvalue weighted by molar-refractivity contribution is -0.193. The molecule has 0 saturated carbocycles. The molecular formula is C36H71N3O8. The molecule has 0 aliphatic carbocycles. The second-order valence-corrected chi connectivity index (χ2v) is 14.9. The summed E-state index contributed by atoms with van der Waals surface area (Å²) in [5.74, 6) is -2.76. The lowest BCUT2D eigenvalue weighted by Crippen LogP contribution is -2.59. The fourth-order valence-corrected chi connectivity index (χ4v) is 7.11. The maximum atomic E-state index is 13.1. The number of aliphatic hydroxyl groups excluding tert-OH is 3. The average Bonchev–Trinajstić information content (AvgIpc) is 3.02. The Kier molecular flexibility index (Phi) is 20.2. The molecule has 11 nitrogen and oxygen atoms in total. The van der Waals surface area contributed by atoms with Gasteiger partial charge in [0, 0.05) is 38.0 Å². The van der Waals surface area contributed by atoms with Gasteiger partial charge in [-0.25, -0.2) is 0 Å². The smallest absolute Gasteiger partial charge is 0.311 e. The van der Waals surface area contributed by atoms with Gasteiger partial charge >= 0.3 is 5.97 Å². The van der Waals surface area contributed by atoms with Gasteiger partial charge in [0.1, 0.15) is 17.8 Å². The number of nitrogens with two attached hydrogens (primary N) is 1. The summed E-state index contributed by atoms with van der Waals surface area (Å²) >= 11 is 0. The zero-order chi connectivity index (χ0) is 35.8. The Balaban J connectivity index is 2.87. The quantitative estimate of drug-likeness (QED) is 0.0948. The number of hydrogen-bond donors (Lipinski definition) is 7. The van der Waals surface area contributed by atoms with Crippen LogP contribution >= 0.6 is 0 Å². The summed E-state index contributed by atoms with van der Waals surface area (Å²) in [5.41, 5.74) is 2.17. The molecule has 0 aromatic rings. The van der Waals surface area contributed by atoms with Crippen molar-refractivity contribution in [3.05, 3.63) is 0 Å². The van der Waals surface area contributed by atoms with Gasteiger partial charge in [0.05, 0.1) is 23.7 Å². The van der Waals surface area contributed by atoms with Gasteiger partial charge in [-0.2, -0.15) is 0 Å². The summed E-state index contributed by atoms with van der Waals surface area (Å²) in [7, 11) is 0. The van der Waals surface area contributed by atoms with Crippen LogP contribution in [-0.2, 0) is 14.3 Å². The first-order valence-corrected chi connectivity index (χ1v) is 18.4. The van der Waals surface area contributed by atoms with Gasteiger partial charge in [-0.1, -0.05) is 65.7 Å². The van der Waals surface area contributed by atoms with Crippen LogP contribution in [0.1, 0.15) is 132 Å². The third kappa shape index (κ3) is 14.6. The van der Waals surface area contributed by atoms with Gasteiger partial charge < -0.3 is 41.3 Å². The Hall–Kier alpha value is -1.34. The molecule has 1 aliphatic heterocycles. The molecule has 1 saturated heterocycles. The number of unbranched alkanes of at least 4 members (excludes halogenated alkanes) is 8. The second-order valence-electron chi connectivity index (χ2n) is 14.9. The van der Waals surface area contributed by atoms with E-state index in [1.165, 1.54) is 52.9 Å². The molecule has 11 heteroatoms. The Morgan fingerprint density at radius 2 is 1.47 bits per heavy atom. The normalized spacial score (nSPS) is 35.1. The van der Waals surface area contributed by atoms with Gasteiger partial charge in [-0.15, -0.1) is 0 Å². The van der Waals surface area contributed by atoms with E-state index in [0.717, 1.165) is 32.2 Å². The number of hydrogen-bond acceptors (Lipinski definition) is 10. The Bertz CT molecular complexity index is 888. The van der Waals surface area contributed by atoms with E-state index in [1.807, 2.05) is 11.8 Å². The Morgan fingerprint density at radius 3 is 2.02 bits per heavy atom. The third-order valence-electron chi connectivity index (χ3n) is 10.3. The summed E-state index contributed by atoms with van der Waals surface area (Å²) in [6, 6.07) is -0.571. The van der Waals surface area contributed by atoms with E-state index in [2.05, 4.69) is 5.32 Å². The first kappa shape index (κ1) is 43.7. The molecule has 1 amide bonds. The van der Waals surface area contributed by atoms with E-state index in [0.29, 0.717) is 32.5 Å². The largest absolute Gasteiger partial charge is 0.459 e. The molecule has 0 aromatic heterocycles. The van der Waals surface area contributed by atoms with E-state index in [9.17, 15) is 35.1 Å². The molecule has 1 fully saturated rings. The number of carbonyl (C=O) groups excluding carboxylic acids is 2. The van der Waals surface area contributed by atoms with Crippen LogP contribution in [0, 0.1) is 17.8 Å².